The molecular weight excluding hydrogens is 263 g/mol. The highest BCUT2D eigenvalue weighted by atomic mass is 19.1. The van der Waals surface area contributed by atoms with Crippen molar-refractivity contribution in [3.63, 3.8) is 0 Å². The third kappa shape index (κ3) is 2.55. The van der Waals surface area contributed by atoms with E-state index in [1.54, 1.807) is 6.92 Å². The summed E-state index contributed by atoms with van der Waals surface area (Å²) in [4.78, 5) is 8.21. The highest BCUT2D eigenvalue weighted by Gasteiger charge is 2.32. The number of aromatic nitrogens is 2. The average Bonchev–Trinajstić information content (AvgIpc) is 2.46. The number of halogens is 1. The minimum absolute atomic E-state index is 0.152. The summed E-state index contributed by atoms with van der Waals surface area (Å²) < 4.78 is 23.1. The summed E-state index contributed by atoms with van der Waals surface area (Å²) >= 11 is 0. The lowest BCUT2D eigenvalue weighted by atomic mass is 9.92. The lowest BCUT2D eigenvalue weighted by Crippen LogP contribution is -2.25. The van der Waals surface area contributed by atoms with E-state index >= 15 is 0 Å². The maximum atomic E-state index is 13.0. The fourth-order valence-electron chi connectivity index (χ4n) is 1.84. The fraction of sp³-hybridized carbons (Fsp3) is 0.286. The zero-order chi connectivity index (χ0) is 14.8. The van der Waals surface area contributed by atoms with Crippen LogP contribution in [0, 0.1) is 5.82 Å². The van der Waals surface area contributed by atoms with Crippen LogP contribution in [0.15, 0.2) is 30.5 Å². The summed E-state index contributed by atoms with van der Waals surface area (Å²) in [6.45, 7) is 1.54. The number of rotatable bonds is 4. The molecule has 1 atom stereocenters. The van der Waals surface area contributed by atoms with E-state index in [0.29, 0.717) is 5.56 Å². The monoisotopic (exact) mass is 278 g/mol. The molecule has 20 heavy (non-hydrogen) atoms. The highest BCUT2D eigenvalue weighted by molar-refractivity contribution is 5.37. The molecular formula is C14H15FN2O3. The predicted octanol–water partition coefficient (Wildman–Crippen LogP) is 1.89. The van der Waals surface area contributed by atoms with Crippen LogP contribution in [0.1, 0.15) is 18.2 Å². The number of aliphatic hydroxyl groups is 1. The number of hydrogen-bond acceptors (Lipinski definition) is 5. The van der Waals surface area contributed by atoms with E-state index in [1.165, 1.54) is 44.7 Å². The largest absolute Gasteiger partial charge is 0.480 e. The molecule has 0 spiro atoms. The first-order valence-corrected chi connectivity index (χ1v) is 5.93. The van der Waals surface area contributed by atoms with Gasteiger partial charge in [0.05, 0.1) is 20.4 Å². The van der Waals surface area contributed by atoms with E-state index in [1.807, 2.05) is 0 Å². The topological polar surface area (TPSA) is 64.5 Å². The second-order valence-corrected chi connectivity index (χ2v) is 4.35. The van der Waals surface area contributed by atoms with Gasteiger partial charge in [-0.25, -0.2) is 9.37 Å². The zero-order valence-corrected chi connectivity index (χ0v) is 11.4. The lowest BCUT2D eigenvalue weighted by Gasteiger charge is -2.24. The molecule has 0 saturated carbocycles. The summed E-state index contributed by atoms with van der Waals surface area (Å²) in [5.74, 6) is 0.0523. The Kier molecular flexibility index (Phi) is 3.85. The van der Waals surface area contributed by atoms with Crippen LogP contribution in [0.4, 0.5) is 4.39 Å². The van der Waals surface area contributed by atoms with Crippen LogP contribution in [0.3, 0.4) is 0 Å². The normalized spacial score (nSPS) is 13.7. The molecule has 0 amide bonds. The number of benzene rings is 1. The van der Waals surface area contributed by atoms with Gasteiger partial charge in [0.15, 0.2) is 0 Å². The zero-order valence-electron chi connectivity index (χ0n) is 11.4. The Hall–Kier alpha value is -2.21. The van der Waals surface area contributed by atoms with Gasteiger partial charge in [0, 0.05) is 0 Å². The van der Waals surface area contributed by atoms with Crippen molar-refractivity contribution >= 4 is 0 Å². The van der Waals surface area contributed by atoms with Crippen molar-refractivity contribution in [1.29, 1.82) is 0 Å². The Morgan fingerprint density at radius 3 is 2.35 bits per heavy atom. The first-order valence-electron chi connectivity index (χ1n) is 5.93. The third-order valence-electron chi connectivity index (χ3n) is 2.99. The van der Waals surface area contributed by atoms with Crippen molar-refractivity contribution < 1.29 is 19.0 Å². The Balaban J connectivity index is 2.50. The molecule has 1 aromatic heterocycles. The van der Waals surface area contributed by atoms with Crippen molar-refractivity contribution in [2.75, 3.05) is 14.2 Å². The van der Waals surface area contributed by atoms with Gasteiger partial charge in [-0.2, -0.15) is 4.98 Å². The molecule has 0 bridgehead atoms. The van der Waals surface area contributed by atoms with E-state index < -0.39 is 5.60 Å². The molecule has 1 N–H and O–H groups in total. The van der Waals surface area contributed by atoms with E-state index in [9.17, 15) is 9.50 Å². The molecule has 0 aliphatic heterocycles. The van der Waals surface area contributed by atoms with Gasteiger partial charge in [0.2, 0.25) is 11.8 Å². The minimum atomic E-state index is -1.46. The molecule has 1 unspecified atom stereocenters. The summed E-state index contributed by atoms with van der Waals surface area (Å²) in [5, 5.41) is 10.7. The molecule has 1 aromatic carbocycles. The summed E-state index contributed by atoms with van der Waals surface area (Å²) in [5.41, 5.74) is -0.748. The second kappa shape index (κ2) is 5.42. The third-order valence-corrected chi connectivity index (χ3v) is 2.99. The Morgan fingerprint density at radius 1 is 1.15 bits per heavy atom. The molecule has 1 heterocycles. The number of nitrogens with zero attached hydrogens (tertiary/aromatic N) is 2. The molecule has 0 aliphatic rings. The van der Waals surface area contributed by atoms with Gasteiger partial charge in [0.1, 0.15) is 17.1 Å². The van der Waals surface area contributed by atoms with Gasteiger partial charge >= 0.3 is 0 Å². The van der Waals surface area contributed by atoms with E-state index in [0.717, 1.165) is 0 Å². The van der Waals surface area contributed by atoms with E-state index in [-0.39, 0.29) is 23.3 Å². The molecule has 0 saturated heterocycles. The van der Waals surface area contributed by atoms with Gasteiger partial charge in [-0.1, -0.05) is 12.1 Å². The maximum absolute atomic E-state index is 13.0. The molecule has 5 nitrogen and oxygen atoms in total. The Bertz CT molecular complexity index is 600. The molecule has 2 rings (SSSR count). The molecule has 0 aliphatic carbocycles. The molecule has 0 radical (unpaired) electrons. The van der Waals surface area contributed by atoms with Gasteiger partial charge < -0.3 is 14.6 Å². The molecule has 6 heteroatoms. The summed E-state index contributed by atoms with van der Waals surface area (Å²) in [7, 11) is 2.88. The summed E-state index contributed by atoms with van der Waals surface area (Å²) in [6.07, 6.45) is 1.38. The van der Waals surface area contributed by atoms with Crippen molar-refractivity contribution in [3.8, 4) is 11.8 Å². The second-order valence-electron chi connectivity index (χ2n) is 4.35. The number of hydrogen-bond donors (Lipinski definition) is 1. The lowest BCUT2D eigenvalue weighted by molar-refractivity contribution is 0.0926. The standard InChI is InChI=1S/C14H15FN2O3/c1-14(18,9-4-6-10(15)7-5-9)12-13(20-3)17-11(19-2)8-16-12/h4-8,18H,1-3H3. The fourth-order valence-corrected chi connectivity index (χ4v) is 1.84. The van der Waals surface area contributed by atoms with Gasteiger partial charge in [-0.15, -0.1) is 0 Å². The van der Waals surface area contributed by atoms with Gasteiger partial charge in [-0.05, 0) is 24.6 Å². The predicted molar refractivity (Wildman–Crippen MR) is 70.2 cm³/mol. The van der Waals surface area contributed by atoms with E-state index in [4.69, 9.17) is 9.47 Å². The Labute approximate surface area is 116 Å². The molecule has 2 aromatic rings. The number of ether oxygens (including phenoxy) is 2. The van der Waals surface area contributed by atoms with E-state index in [2.05, 4.69) is 9.97 Å². The SMILES string of the molecule is COc1cnc(C(C)(O)c2ccc(F)cc2)c(OC)n1. The van der Waals surface area contributed by atoms with Gasteiger partial charge in [-0.3, -0.25) is 0 Å². The minimum Gasteiger partial charge on any atom is -0.480 e. The van der Waals surface area contributed by atoms with Crippen molar-refractivity contribution in [3.05, 3.63) is 47.5 Å². The number of methoxy groups -OCH3 is 2. The molecule has 0 fully saturated rings. The van der Waals surface area contributed by atoms with Crippen molar-refractivity contribution in [1.82, 2.24) is 9.97 Å². The first-order chi connectivity index (χ1) is 9.48. The summed E-state index contributed by atoms with van der Waals surface area (Å²) in [6, 6.07) is 5.52. The van der Waals surface area contributed by atoms with Crippen LogP contribution in [0.5, 0.6) is 11.8 Å². The van der Waals surface area contributed by atoms with Crippen LogP contribution in [0.2, 0.25) is 0 Å². The van der Waals surface area contributed by atoms with Crippen LogP contribution in [-0.2, 0) is 5.60 Å². The van der Waals surface area contributed by atoms with Crippen molar-refractivity contribution in [2.24, 2.45) is 0 Å². The average molecular weight is 278 g/mol. The van der Waals surface area contributed by atoms with Crippen LogP contribution in [0.25, 0.3) is 0 Å². The van der Waals surface area contributed by atoms with Crippen LogP contribution in [-0.4, -0.2) is 29.3 Å². The highest BCUT2D eigenvalue weighted by Crippen LogP contribution is 2.33. The maximum Gasteiger partial charge on any atom is 0.242 e. The quantitative estimate of drug-likeness (QED) is 0.925. The Morgan fingerprint density at radius 2 is 1.80 bits per heavy atom. The van der Waals surface area contributed by atoms with Crippen LogP contribution < -0.4 is 9.47 Å². The van der Waals surface area contributed by atoms with Crippen LogP contribution >= 0.6 is 0 Å². The van der Waals surface area contributed by atoms with Crippen molar-refractivity contribution in [2.45, 2.75) is 12.5 Å². The first kappa shape index (κ1) is 14.2. The molecule has 106 valence electrons. The smallest absolute Gasteiger partial charge is 0.242 e. The van der Waals surface area contributed by atoms with Gasteiger partial charge in [0.25, 0.3) is 0 Å².